The van der Waals surface area contributed by atoms with E-state index in [0.29, 0.717) is 0 Å². The minimum atomic E-state index is -0.307. The summed E-state index contributed by atoms with van der Waals surface area (Å²) in [6, 6.07) is 64.1. The van der Waals surface area contributed by atoms with E-state index >= 15 is 0 Å². The molecule has 0 radical (unpaired) electrons. The Hall–Kier alpha value is -7.82. The zero-order chi connectivity index (χ0) is 59.1. The Kier molecular flexibility index (Phi) is 11.7. The number of furan rings is 1. The molecule has 9 aromatic carbocycles. The van der Waals surface area contributed by atoms with Gasteiger partial charge in [-0.3, -0.25) is 0 Å². The second-order valence-electron chi connectivity index (χ2n) is 30.7. The summed E-state index contributed by atoms with van der Waals surface area (Å²) in [6.45, 7) is 39.6. The average molecular weight is 1100 g/mol. The highest BCUT2D eigenvalue weighted by Gasteiger charge is 2.48. The van der Waals surface area contributed by atoms with Crippen molar-refractivity contribution in [2.24, 2.45) is 0 Å². The predicted molar refractivity (Wildman–Crippen MR) is 363 cm³/mol. The molecule has 1 aliphatic carbocycles. The van der Waals surface area contributed by atoms with Gasteiger partial charge in [-0.05, 0) is 171 Å². The number of hydrogen-bond donors (Lipinski definition) is 0. The van der Waals surface area contributed by atoms with E-state index in [0.717, 1.165) is 23.0 Å². The van der Waals surface area contributed by atoms with Gasteiger partial charge in [-0.15, -0.1) is 0 Å². The van der Waals surface area contributed by atoms with E-state index in [-0.39, 0.29) is 39.3 Å². The number of fused-ring (bicyclic) bond motifs is 16. The second kappa shape index (κ2) is 18.1. The van der Waals surface area contributed by atoms with Crippen LogP contribution in [0.4, 0.5) is 11.4 Å². The molecule has 0 amide bonds. The summed E-state index contributed by atoms with van der Waals surface area (Å²) >= 11 is 0. The predicted octanol–water partition coefficient (Wildman–Crippen LogP) is 20.5. The van der Waals surface area contributed by atoms with Crippen LogP contribution < -0.4 is 15.7 Å². The topological polar surface area (TPSA) is 21.3 Å². The number of hydrogen-bond acceptors (Lipinski definition) is 2. The summed E-state index contributed by atoms with van der Waals surface area (Å²) in [5, 5.41) is 4.80. The van der Waals surface area contributed by atoms with Crippen LogP contribution in [0.3, 0.4) is 0 Å². The van der Waals surface area contributed by atoms with Crippen LogP contribution in [0.25, 0.3) is 83.3 Å². The van der Waals surface area contributed by atoms with E-state index in [4.69, 9.17) is 4.42 Å². The van der Waals surface area contributed by atoms with Gasteiger partial charge in [0, 0.05) is 44.2 Å². The summed E-state index contributed by atoms with van der Waals surface area (Å²) < 4.78 is 9.98. The number of allylic oxidation sites excluding steroid dienone is 1. The number of aromatic nitrogens is 1. The van der Waals surface area contributed by atoms with Gasteiger partial charge < -0.3 is 13.8 Å². The molecule has 4 heterocycles. The molecule has 2 aromatic heterocycles. The van der Waals surface area contributed by atoms with Crippen molar-refractivity contribution in [2.45, 2.75) is 157 Å². The Morgan fingerprint density at radius 1 is 0.500 bits per heavy atom. The maximum atomic E-state index is 7.37. The van der Waals surface area contributed by atoms with Crippen molar-refractivity contribution in [1.29, 1.82) is 0 Å². The third kappa shape index (κ3) is 8.35. The highest BCUT2D eigenvalue weighted by molar-refractivity contribution is 6.94. The SMILES string of the molecule is CC(C)(C)c1ccc(/C=C(/Cc2ccc3c(c2)C(C)(C)c2cc4c(cc2-3)N(c2ccc(C(C)(C)C)cc2)B2c3cc(C(C)(C)C)ccc3-n3c5ccc(C(C)(C)C)cc5c5c6oc7ccccc7c6c-4c2c53)c2ccc(C(C)(C)C)cc2)cc1. The van der Waals surface area contributed by atoms with Gasteiger partial charge in [0.15, 0.2) is 0 Å². The standard InChI is InChI=1S/C80H81BN2O/c1-75(2,3)51-27-22-47(23-28-51)40-50(49-25-29-52(30-26-49)76(4,5)6)41-48-24-37-57-59-46-67-61(45-63(59)80(16,17)62(57)42-48)69-70-58-20-18-19-21-68(58)84-74(70)71-60-43-54(78(10,11)12)33-38-65(60)82-66-39-34-55(79(13,14)15)44-64(66)81(72(69)73(71)82)83(67)56-35-31-53(32-36-56)77(7,8)9/h18-40,42-46H,41H2,1-17H3/b50-40-. The lowest BCUT2D eigenvalue weighted by molar-refractivity contribution is 0.590. The molecule has 0 unspecified atom stereocenters. The Morgan fingerprint density at radius 2 is 1.07 bits per heavy atom. The Morgan fingerprint density at radius 3 is 1.71 bits per heavy atom. The van der Waals surface area contributed by atoms with Crippen molar-refractivity contribution >= 4 is 84.5 Å². The minimum absolute atomic E-state index is 0.00293. The zero-order valence-electron chi connectivity index (χ0n) is 52.8. The fraction of sp³-hybridized carbons (Fsp3) is 0.300. The molecule has 11 aromatic rings. The molecule has 2 aliphatic heterocycles. The first-order valence-corrected chi connectivity index (χ1v) is 30.8. The molecule has 4 heteroatoms. The normalized spacial score (nSPS) is 14.9. The lowest BCUT2D eigenvalue weighted by Crippen LogP contribution is -2.60. The molecule has 3 nitrogen and oxygen atoms in total. The van der Waals surface area contributed by atoms with Gasteiger partial charge in [-0.25, -0.2) is 0 Å². The molecule has 0 saturated heterocycles. The molecule has 0 saturated carbocycles. The molecule has 0 fully saturated rings. The lowest BCUT2D eigenvalue weighted by Gasteiger charge is -2.43. The number of para-hydroxylation sites is 1. The van der Waals surface area contributed by atoms with Crippen molar-refractivity contribution in [1.82, 2.24) is 4.57 Å². The maximum Gasteiger partial charge on any atom is 0.333 e. The Bertz CT molecular complexity index is 4580. The summed E-state index contributed by atoms with van der Waals surface area (Å²) in [5.41, 5.74) is 30.0. The monoisotopic (exact) mass is 1100 g/mol. The Balaban J connectivity index is 1.03. The van der Waals surface area contributed by atoms with Crippen molar-refractivity contribution < 1.29 is 4.42 Å². The van der Waals surface area contributed by atoms with Crippen LogP contribution in [0, 0.1) is 0 Å². The molecular formula is C80H81BN2O. The van der Waals surface area contributed by atoms with Crippen LogP contribution in [0.2, 0.25) is 0 Å². The van der Waals surface area contributed by atoms with Crippen molar-refractivity contribution in [3.63, 3.8) is 0 Å². The summed E-state index contributed by atoms with van der Waals surface area (Å²) in [5.74, 6) is 0. The van der Waals surface area contributed by atoms with E-state index in [2.05, 4.69) is 297 Å². The molecule has 420 valence electrons. The zero-order valence-corrected chi connectivity index (χ0v) is 52.8. The number of benzene rings is 9. The fourth-order valence-electron chi connectivity index (χ4n) is 14.4. The third-order valence-electron chi connectivity index (χ3n) is 19.4. The summed E-state index contributed by atoms with van der Waals surface area (Å²) in [4.78, 5) is 2.74. The molecule has 0 bridgehead atoms. The molecule has 0 atom stereocenters. The molecule has 0 spiro atoms. The number of rotatable bonds is 5. The maximum absolute atomic E-state index is 7.37. The van der Waals surface area contributed by atoms with Crippen LogP contribution in [0.1, 0.15) is 173 Å². The van der Waals surface area contributed by atoms with Crippen LogP contribution in [-0.4, -0.2) is 11.4 Å². The largest absolute Gasteiger partial charge is 0.455 e. The molecule has 84 heavy (non-hydrogen) atoms. The van der Waals surface area contributed by atoms with Crippen LogP contribution >= 0.6 is 0 Å². The van der Waals surface area contributed by atoms with Crippen molar-refractivity contribution in [2.75, 3.05) is 4.81 Å². The average Bonchev–Trinajstić information content (AvgIpc) is 1.40. The van der Waals surface area contributed by atoms with E-state index in [1.54, 1.807) is 0 Å². The highest BCUT2D eigenvalue weighted by Crippen LogP contribution is 2.57. The van der Waals surface area contributed by atoms with Crippen LogP contribution in [-0.2, 0) is 38.9 Å². The smallest absolute Gasteiger partial charge is 0.333 e. The van der Waals surface area contributed by atoms with Gasteiger partial charge in [-0.2, -0.15) is 0 Å². The van der Waals surface area contributed by atoms with Gasteiger partial charge in [0.05, 0.1) is 16.4 Å². The second-order valence-corrected chi connectivity index (χ2v) is 30.7. The summed E-state index contributed by atoms with van der Waals surface area (Å²) in [6.07, 6.45) is 3.23. The number of nitrogens with zero attached hydrogens (tertiary/aromatic N) is 2. The van der Waals surface area contributed by atoms with Gasteiger partial charge in [-0.1, -0.05) is 239 Å². The molecule has 0 N–H and O–H groups in total. The molecular weight excluding hydrogens is 1020 g/mol. The quantitative estimate of drug-likeness (QED) is 0.127. The first-order chi connectivity index (χ1) is 39.6. The Labute approximate surface area is 499 Å². The third-order valence-corrected chi connectivity index (χ3v) is 19.4. The van der Waals surface area contributed by atoms with Gasteiger partial charge >= 0.3 is 6.85 Å². The summed E-state index contributed by atoms with van der Waals surface area (Å²) in [7, 11) is 0. The minimum Gasteiger partial charge on any atom is -0.455 e. The van der Waals surface area contributed by atoms with E-state index < -0.39 is 0 Å². The van der Waals surface area contributed by atoms with E-state index in [1.807, 2.05) is 0 Å². The first-order valence-electron chi connectivity index (χ1n) is 30.8. The van der Waals surface area contributed by atoms with E-state index in [1.165, 1.54) is 139 Å². The number of anilines is 2. The van der Waals surface area contributed by atoms with Crippen molar-refractivity contribution in [3.8, 4) is 27.9 Å². The highest BCUT2D eigenvalue weighted by atomic mass is 16.3. The van der Waals surface area contributed by atoms with Gasteiger partial charge in [0.25, 0.3) is 0 Å². The fourth-order valence-corrected chi connectivity index (χ4v) is 14.4. The molecule has 14 rings (SSSR count). The van der Waals surface area contributed by atoms with Crippen LogP contribution in [0.15, 0.2) is 168 Å². The van der Waals surface area contributed by atoms with Gasteiger partial charge in [0.2, 0.25) is 0 Å². The lowest BCUT2D eigenvalue weighted by atomic mass is 9.43. The van der Waals surface area contributed by atoms with Gasteiger partial charge in [0.1, 0.15) is 11.2 Å². The first kappa shape index (κ1) is 54.1. The van der Waals surface area contributed by atoms with Crippen LogP contribution in [0.5, 0.6) is 0 Å². The van der Waals surface area contributed by atoms with Crippen molar-refractivity contribution in [3.05, 3.63) is 219 Å². The molecule has 3 aliphatic rings. The van der Waals surface area contributed by atoms with E-state index in [9.17, 15) is 0 Å².